The average Bonchev–Trinajstić information content (AvgIpc) is 3.02. The van der Waals surface area contributed by atoms with Gasteiger partial charge in [0.05, 0.1) is 19.4 Å². The van der Waals surface area contributed by atoms with Gasteiger partial charge < -0.3 is 19.8 Å². The third-order valence-corrected chi connectivity index (χ3v) is 2.65. The first-order valence-electron chi connectivity index (χ1n) is 6.57. The Morgan fingerprint density at radius 1 is 1.14 bits per heavy atom. The van der Waals surface area contributed by atoms with Gasteiger partial charge in [0.2, 0.25) is 5.91 Å². The zero-order valence-corrected chi connectivity index (χ0v) is 11.7. The number of hydrogen-bond donors (Lipinski definition) is 2. The van der Waals surface area contributed by atoms with Gasteiger partial charge in [-0.15, -0.1) is 0 Å². The van der Waals surface area contributed by atoms with E-state index < -0.39 is 11.7 Å². The van der Waals surface area contributed by atoms with Gasteiger partial charge in [-0.3, -0.25) is 9.59 Å². The van der Waals surface area contributed by atoms with Crippen LogP contribution in [0.15, 0.2) is 47.1 Å². The van der Waals surface area contributed by atoms with E-state index in [0.29, 0.717) is 5.76 Å². The molecule has 6 nitrogen and oxygen atoms in total. The lowest BCUT2D eigenvalue weighted by atomic mass is 10.3. The largest absolute Gasteiger partial charge is 0.484 e. The lowest BCUT2D eigenvalue weighted by Crippen LogP contribution is -2.38. The standard InChI is InChI=1S/C15H15FN2O4/c16-11-3-1-4-12(7-11)22-10-15(20)18-9-14(19)17-8-13-5-2-6-21-13/h1-7H,8-10H2,(H,17,19)(H,18,20). The van der Waals surface area contributed by atoms with E-state index in [1.54, 1.807) is 12.1 Å². The molecule has 2 N–H and O–H groups in total. The van der Waals surface area contributed by atoms with Gasteiger partial charge >= 0.3 is 0 Å². The van der Waals surface area contributed by atoms with Crippen molar-refractivity contribution in [3.63, 3.8) is 0 Å². The second-order valence-corrected chi connectivity index (χ2v) is 4.38. The zero-order valence-electron chi connectivity index (χ0n) is 11.7. The molecule has 0 aliphatic heterocycles. The number of benzene rings is 1. The van der Waals surface area contributed by atoms with Crippen LogP contribution in [0, 0.1) is 5.82 Å². The first kappa shape index (κ1) is 15.6. The summed E-state index contributed by atoms with van der Waals surface area (Å²) in [6.45, 7) is -0.220. The number of halogens is 1. The third kappa shape index (κ3) is 5.28. The molecule has 0 fully saturated rings. The molecule has 0 aliphatic carbocycles. The second kappa shape index (κ2) is 7.82. The third-order valence-electron chi connectivity index (χ3n) is 2.65. The van der Waals surface area contributed by atoms with Gasteiger partial charge in [0, 0.05) is 6.07 Å². The molecule has 1 aromatic carbocycles. The molecule has 0 saturated carbocycles. The van der Waals surface area contributed by atoms with Gasteiger partial charge in [-0.25, -0.2) is 4.39 Å². The number of nitrogens with one attached hydrogen (secondary N) is 2. The molecule has 2 aromatic rings. The first-order valence-corrected chi connectivity index (χ1v) is 6.57. The summed E-state index contributed by atoms with van der Waals surface area (Å²) in [7, 11) is 0. The number of ether oxygens (including phenoxy) is 1. The number of carbonyl (C=O) groups is 2. The minimum absolute atomic E-state index is 0.175. The number of carbonyl (C=O) groups excluding carboxylic acids is 2. The maximum Gasteiger partial charge on any atom is 0.258 e. The second-order valence-electron chi connectivity index (χ2n) is 4.38. The van der Waals surface area contributed by atoms with E-state index in [0.717, 1.165) is 0 Å². The minimum Gasteiger partial charge on any atom is -0.484 e. The lowest BCUT2D eigenvalue weighted by molar-refractivity contribution is -0.127. The molecule has 0 unspecified atom stereocenters. The Morgan fingerprint density at radius 3 is 2.73 bits per heavy atom. The van der Waals surface area contributed by atoms with Crippen molar-refractivity contribution in [2.45, 2.75) is 6.54 Å². The predicted molar refractivity (Wildman–Crippen MR) is 75.5 cm³/mol. The van der Waals surface area contributed by atoms with Crippen molar-refractivity contribution in [1.82, 2.24) is 10.6 Å². The minimum atomic E-state index is -0.475. The lowest BCUT2D eigenvalue weighted by Gasteiger charge is -2.07. The molecular formula is C15H15FN2O4. The molecule has 0 saturated heterocycles. The van der Waals surface area contributed by atoms with Gasteiger partial charge in [-0.05, 0) is 24.3 Å². The van der Waals surface area contributed by atoms with Gasteiger partial charge in [0.15, 0.2) is 6.61 Å². The molecule has 1 aromatic heterocycles. The van der Waals surface area contributed by atoms with E-state index >= 15 is 0 Å². The van der Waals surface area contributed by atoms with E-state index in [-0.39, 0.29) is 31.4 Å². The SMILES string of the molecule is O=C(CNC(=O)COc1cccc(F)c1)NCc1ccco1. The summed E-state index contributed by atoms with van der Waals surface area (Å²) in [4.78, 5) is 23.0. The molecule has 0 aliphatic rings. The van der Waals surface area contributed by atoms with Crippen LogP contribution in [0.4, 0.5) is 4.39 Å². The summed E-state index contributed by atoms with van der Waals surface area (Å²) in [6, 6.07) is 8.90. The molecule has 7 heteroatoms. The fraction of sp³-hybridized carbons (Fsp3) is 0.200. The van der Waals surface area contributed by atoms with E-state index in [1.165, 1.54) is 30.5 Å². The van der Waals surface area contributed by atoms with E-state index in [1.807, 2.05) is 0 Å². The summed E-state index contributed by atoms with van der Waals surface area (Å²) in [6.07, 6.45) is 1.51. The number of rotatable bonds is 7. The van der Waals surface area contributed by atoms with Crippen LogP contribution in [0.5, 0.6) is 5.75 Å². The van der Waals surface area contributed by atoms with Crippen molar-refractivity contribution >= 4 is 11.8 Å². The summed E-state index contributed by atoms with van der Waals surface area (Å²) in [5.74, 6) is -0.408. The van der Waals surface area contributed by atoms with Crippen LogP contribution >= 0.6 is 0 Å². The highest BCUT2D eigenvalue weighted by Crippen LogP contribution is 2.11. The van der Waals surface area contributed by atoms with Crippen LogP contribution < -0.4 is 15.4 Å². The van der Waals surface area contributed by atoms with Crippen LogP contribution in [0.1, 0.15) is 5.76 Å². The quantitative estimate of drug-likeness (QED) is 0.806. The van der Waals surface area contributed by atoms with Crippen molar-refractivity contribution in [2.75, 3.05) is 13.2 Å². The topological polar surface area (TPSA) is 80.6 Å². The Balaban J connectivity index is 1.63. The maximum absolute atomic E-state index is 12.9. The van der Waals surface area contributed by atoms with Gasteiger partial charge in [-0.1, -0.05) is 6.07 Å². The molecule has 116 valence electrons. The summed E-state index contributed by atoms with van der Waals surface area (Å²) in [5, 5.41) is 4.98. The van der Waals surface area contributed by atoms with E-state index in [2.05, 4.69) is 10.6 Å². The Morgan fingerprint density at radius 2 is 2.00 bits per heavy atom. The zero-order chi connectivity index (χ0) is 15.8. The van der Waals surface area contributed by atoms with Gasteiger partial charge in [0.25, 0.3) is 5.91 Å². The summed E-state index contributed by atoms with van der Waals surface area (Å²) in [5.41, 5.74) is 0. The van der Waals surface area contributed by atoms with Crippen LogP contribution in [0.3, 0.4) is 0 Å². The Hall–Kier alpha value is -2.83. The fourth-order valence-corrected chi connectivity index (χ4v) is 1.60. The molecular weight excluding hydrogens is 291 g/mol. The van der Waals surface area contributed by atoms with Crippen molar-refractivity contribution in [1.29, 1.82) is 0 Å². The molecule has 2 rings (SSSR count). The normalized spacial score (nSPS) is 10.0. The number of hydrogen-bond acceptors (Lipinski definition) is 4. The van der Waals surface area contributed by atoms with Gasteiger partial charge in [0.1, 0.15) is 17.3 Å². The first-order chi connectivity index (χ1) is 10.6. The highest BCUT2D eigenvalue weighted by Gasteiger charge is 2.07. The Labute approximate surface area is 126 Å². The number of furan rings is 1. The molecule has 0 atom stereocenters. The predicted octanol–water partition coefficient (Wildman–Crippen LogP) is 1.23. The molecule has 0 bridgehead atoms. The van der Waals surface area contributed by atoms with Crippen LogP contribution in [0.2, 0.25) is 0 Å². The Bertz CT molecular complexity index is 628. The van der Waals surface area contributed by atoms with Crippen molar-refractivity contribution in [3.05, 3.63) is 54.2 Å². The fourth-order valence-electron chi connectivity index (χ4n) is 1.60. The monoisotopic (exact) mass is 306 g/mol. The smallest absolute Gasteiger partial charge is 0.258 e. The highest BCUT2D eigenvalue weighted by atomic mass is 19.1. The van der Waals surface area contributed by atoms with Crippen molar-refractivity contribution < 1.29 is 23.1 Å². The maximum atomic E-state index is 12.9. The number of amides is 2. The highest BCUT2D eigenvalue weighted by molar-refractivity contribution is 5.85. The molecule has 1 heterocycles. The van der Waals surface area contributed by atoms with E-state index in [4.69, 9.17) is 9.15 Å². The van der Waals surface area contributed by atoms with Gasteiger partial charge in [-0.2, -0.15) is 0 Å². The molecule has 0 radical (unpaired) electrons. The van der Waals surface area contributed by atoms with E-state index in [9.17, 15) is 14.0 Å². The average molecular weight is 306 g/mol. The summed E-state index contributed by atoms with van der Waals surface area (Å²) >= 11 is 0. The van der Waals surface area contributed by atoms with Crippen LogP contribution in [0.25, 0.3) is 0 Å². The van der Waals surface area contributed by atoms with Crippen LogP contribution in [-0.4, -0.2) is 25.0 Å². The molecule has 22 heavy (non-hydrogen) atoms. The van der Waals surface area contributed by atoms with Crippen molar-refractivity contribution in [2.24, 2.45) is 0 Å². The molecule has 0 spiro atoms. The Kier molecular flexibility index (Phi) is 5.53. The molecule has 2 amide bonds. The summed E-state index contributed by atoms with van der Waals surface area (Å²) < 4.78 is 23.1. The van der Waals surface area contributed by atoms with Crippen LogP contribution in [-0.2, 0) is 16.1 Å². The van der Waals surface area contributed by atoms with Crippen molar-refractivity contribution in [3.8, 4) is 5.75 Å².